The monoisotopic (exact) mass is 433 g/mol. The number of carboxylic acid groups (broad SMARTS) is 1. The number of aromatic nitrogens is 1. The number of alkyl carbamates (subject to hydrolysis) is 1. The van der Waals surface area contributed by atoms with Crippen LogP contribution in [0.25, 0.3) is 0 Å². The van der Waals surface area contributed by atoms with Gasteiger partial charge in [0.15, 0.2) is 0 Å². The number of hydrogen-bond donors (Lipinski definition) is 1. The van der Waals surface area contributed by atoms with Gasteiger partial charge in [-0.2, -0.15) is 0 Å². The SMILES string of the molecule is CCOc1noc(C(=O)OCc2ccccc2)c1CC(NC(=O)OC(C)(C)C)C(=O)[O-]. The van der Waals surface area contributed by atoms with Crippen molar-refractivity contribution in [3.63, 3.8) is 0 Å². The molecule has 1 N–H and O–H groups in total. The van der Waals surface area contributed by atoms with E-state index in [1.165, 1.54) is 0 Å². The van der Waals surface area contributed by atoms with Gasteiger partial charge in [-0.3, -0.25) is 0 Å². The molecule has 1 aromatic heterocycles. The summed E-state index contributed by atoms with van der Waals surface area (Å²) in [6, 6.07) is 7.43. The van der Waals surface area contributed by atoms with Gasteiger partial charge in [-0.15, -0.1) is 0 Å². The number of benzene rings is 1. The van der Waals surface area contributed by atoms with E-state index >= 15 is 0 Å². The first-order valence-electron chi connectivity index (χ1n) is 9.63. The molecule has 0 spiro atoms. The zero-order valence-electron chi connectivity index (χ0n) is 17.8. The maximum Gasteiger partial charge on any atom is 0.408 e. The topological polar surface area (TPSA) is 140 Å². The van der Waals surface area contributed by atoms with E-state index in [9.17, 15) is 19.5 Å². The van der Waals surface area contributed by atoms with Gasteiger partial charge in [0.05, 0.1) is 24.2 Å². The molecule has 0 aliphatic heterocycles. The molecule has 0 saturated heterocycles. The molecule has 10 nitrogen and oxygen atoms in total. The van der Waals surface area contributed by atoms with Crippen molar-refractivity contribution in [2.24, 2.45) is 0 Å². The lowest BCUT2D eigenvalue weighted by molar-refractivity contribution is -0.308. The number of carbonyl (C=O) groups is 3. The maximum absolute atomic E-state index is 12.5. The third kappa shape index (κ3) is 7.32. The highest BCUT2D eigenvalue weighted by Gasteiger charge is 2.29. The Labute approximate surface area is 179 Å². The summed E-state index contributed by atoms with van der Waals surface area (Å²) in [5, 5.41) is 17.5. The van der Waals surface area contributed by atoms with Crippen molar-refractivity contribution < 1.29 is 38.2 Å². The third-order valence-corrected chi connectivity index (χ3v) is 3.82. The van der Waals surface area contributed by atoms with E-state index in [1.54, 1.807) is 52.0 Å². The second-order valence-electron chi connectivity index (χ2n) is 7.51. The molecule has 0 saturated carbocycles. The minimum Gasteiger partial charge on any atom is -0.548 e. The van der Waals surface area contributed by atoms with Gasteiger partial charge in [-0.05, 0) is 38.4 Å². The molecule has 168 valence electrons. The molecule has 31 heavy (non-hydrogen) atoms. The van der Waals surface area contributed by atoms with E-state index < -0.39 is 36.1 Å². The van der Waals surface area contributed by atoms with Gasteiger partial charge in [0.1, 0.15) is 12.2 Å². The molecule has 1 unspecified atom stereocenters. The van der Waals surface area contributed by atoms with E-state index in [0.717, 1.165) is 5.56 Å². The second kappa shape index (κ2) is 10.5. The number of esters is 1. The normalized spacial score (nSPS) is 12.0. The molecule has 1 aromatic carbocycles. The van der Waals surface area contributed by atoms with Crippen LogP contribution in [0.5, 0.6) is 5.88 Å². The first kappa shape index (κ1) is 23.7. The summed E-state index contributed by atoms with van der Waals surface area (Å²) in [5.41, 5.74) is -0.0491. The molecule has 0 bridgehead atoms. The van der Waals surface area contributed by atoms with Gasteiger partial charge < -0.3 is 34.0 Å². The average molecular weight is 433 g/mol. The number of hydrogen-bond acceptors (Lipinski definition) is 9. The number of amides is 1. The minimum atomic E-state index is -1.59. The summed E-state index contributed by atoms with van der Waals surface area (Å²) >= 11 is 0. The number of carboxylic acids is 1. The van der Waals surface area contributed by atoms with E-state index in [-0.39, 0.29) is 30.4 Å². The van der Waals surface area contributed by atoms with Crippen molar-refractivity contribution in [2.45, 2.75) is 52.4 Å². The Morgan fingerprint density at radius 2 is 1.87 bits per heavy atom. The summed E-state index contributed by atoms with van der Waals surface area (Å²) in [4.78, 5) is 36.1. The van der Waals surface area contributed by atoms with Crippen molar-refractivity contribution in [3.05, 3.63) is 47.2 Å². The summed E-state index contributed by atoms with van der Waals surface area (Å²) in [5.74, 6) is -2.84. The van der Waals surface area contributed by atoms with Crippen LogP contribution in [0.1, 0.15) is 49.4 Å². The summed E-state index contributed by atoms with van der Waals surface area (Å²) in [7, 11) is 0. The van der Waals surface area contributed by atoms with Crippen LogP contribution >= 0.6 is 0 Å². The van der Waals surface area contributed by atoms with Crippen LogP contribution < -0.4 is 15.2 Å². The van der Waals surface area contributed by atoms with Crippen molar-refractivity contribution in [1.29, 1.82) is 0 Å². The molecule has 1 heterocycles. The van der Waals surface area contributed by atoms with Crippen molar-refractivity contribution in [1.82, 2.24) is 10.5 Å². The fourth-order valence-electron chi connectivity index (χ4n) is 2.52. The molecule has 1 amide bonds. The standard InChI is InChI=1S/C21H26N2O8/c1-5-28-17-14(11-15(18(24)25)22-20(27)30-21(2,3)4)16(31-23-17)19(26)29-12-13-9-7-6-8-10-13/h6-10,15H,5,11-12H2,1-4H3,(H,22,27)(H,24,25)/p-1. The molecule has 0 radical (unpaired) electrons. The van der Waals surface area contributed by atoms with Crippen LogP contribution in [0.3, 0.4) is 0 Å². The predicted octanol–water partition coefficient (Wildman–Crippen LogP) is 1.62. The number of carbonyl (C=O) groups excluding carboxylic acids is 3. The Balaban J connectivity index is 2.19. The van der Waals surface area contributed by atoms with Crippen LogP contribution in [0.15, 0.2) is 34.9 Å². The molecule has 2 rings (SSSR count). The Morgan fingerprint density at radius 1 is 1.19 bits per heavy atom. The quantitative estimate of drug-likeness (QED) is 0.584. The van der Waals surface area contributed by atoms with Gasteiger partial charge in [0.2, 0.25) is 0 Å². The van der Waals surface area contributed by atoms with Gasteiger partial charge in [0, 0.05) is 6.42 Å². The van der Waals surface area contributed by atoms with Crippen molar-refractivity contribution >= 4 is 18.0 Å². The smallest absolute Gasteiger partial charge is 0.408 e. The van der Waals surface area contributed by atoms with Crippen LogP contribution in [0.2, 0.25) is 0 Å². The van der Waals surface area contributed by atoms with Gasteiger partial charge in [-0.1, -0.05) is 30.3 Å². The van der Waals surface area contributed by atoms with Crippen LogP contribution in [-0.2, 0) is 27.3 Å². The van der Waals surface area contributed by atoms with Crippen LogP contribution in [-0.4, -0.2) is 41.4 Å². The lowest BCUT2D eigenvalue weighted by Gasteiger charge is -2.24. The molecule has 10 heteroatoms. The van der Waals surface area contributed by atoms with Crippen LogP contribution in [0, 0.1) is 0 Å². The van der Waals surface area contributed by atoms with Crippen LogP contribution in [0.4, 0.5) is 4.79 Å². The van der Waals surface area contributed by atoms with E-state index in [2.05, 4.69) is 10.5 Å². The fraction of sp³-hybridized carbons (Fsp3) is 0.429. The first-order valence-corrected chi connectivity index (χ1v) is 9.63. The minimum absolute atomic E-state index is 0.0240. The fourth-order valence-corrected chi connectivity index (χ4v) is 2.52. The van der Waals surface area contributed by atoms with Crippen molar-refractivity contribution in [2.75, 3.05) is 6.61 Å². The Kier molecular flexibility index (Phi) is 8.00. The molecule has 2 aromatic rings. The van der Waals surface area contributed by atoms with Gasteiger partial charge >= 0.3 is 12.1 Å². The second-order valence-corrected chi connectivity index (χ2v) is 7.51. The average Bonchev–Trinajstić information content (AvgIpc) is 3.07. The highest BCUT2D eigenvalue weighted by molar-refractivity contribution is 5.89. The molecular weight excluding hydrogens is 408 g/mol. The van der Waals surface area contributed by atoms with E-state index in [4.69, 9.17) is 18.7 Å². The number of nitrogens with zero attached hydrogens (tertiary/aromatic N) is 1. The van der Waals surface area contributed by atoms with Gasteiger partial charge in [0.25, 0.3) is 11.6 Å². The first-order chi connectivity index (χ1) is 14.6. The maximum atomic E-state index is 12.5. The van der Waals surface area contributed by atoms with Crippen molar-refractivity contribution in [3.8, 4) is 5.88 Å². The molecular formula is C21H25N2O8-. The lowest BCUT2D eigenvalue weighted by atomic mass is 10.1. The largest absolute Gasteiger partial charge is 0.548 e. The summed E-state index contributed by atoms with van der Waals surface area (Å²) in [6.45, 7) is 6.75. The van der Waals surface area contributed by atoms with Gasteiger partial charge in [-0.25, -0.2) is 9.59 Å². The molecule has 0 fully saturated rings. The number of rotatable bonds is 9. The number of ether oxygens (including phenoxy) is 3. The van der Waals surface area contributed by atoms with E-state index in [1.807, 2.05) is 6.07 Å². The summed E-state index contributed by atoms with van der Waals surface area (Å²) in [6.07, 6.45) is -1.35. The predicted molar refractivity (Wildman–Crippen MR) is 105 cm³/mol. The van der Waals surface area contributed by atoms with E-state index in [0.29, 0.717) is 0 Å². The Bertz CT molecular complexity index is 902. The molecule has 1 atom stereocenters. The summed E-state index contributed by atoms with van der Waals surface area (Å²) < 4.78 is 20.7. The molecule has 0 aliphatic rings. The highest BCUT2D eigenvalue weighted by Crippen LogP contribution is 2.25. The Morgan fingerprint density at radius 3 is 2.45 bits per heavy atom. The highest BCUT2D eigenvalue weighted by atomic mass is 16.6. The Hall–Kier alpha value is -3.56. The number of aliphatic carboxylic acids is 1. The zero-order valence-corrected chi connectivity index (χ0v) is 17.8. The lowest BCUT2D eigenvalue weighted by Crippen LogP contribution is -2.50. The molecule has 0 aliphatic carbocycles. The number of nitrogens with one attached hydrogen (secondary N) is 1. The zero-order chi connectivity index (χ0) is 23.0. The third-order valence-electron chi connectivity index (χ3n) is 3.82.